The Morgan fingerprint density at radius 3 is 2.53 bits per heavy atom. The number of hydrogen-bond acceptors (Lipinski definition) is 5. The number of aromatic nitrogens is 3. The zero-order chi connectivity index (χ0) is 24.1. The molecular weight excluding hydrogens is 426 g/mol. The van der Waals surface area contributed by atoms with E-state index in [0.717, 1.165) is 35.5 Å². The van der Waals surface area contributed by atoms with Gasteiger partial charge in [-0.15, -0.1) is 0 Å². The number of imidazole rings is 1. The van der Waals surface area contributed by atoms with Gasteiger partial charge in [-0.3, -0.25) is 9.78 Å². The van der Waals surface area contributed by atoms with Crippen LogP contribution < -0.4 is 15.4 Å². The Hall–Kier alpha value is -4.13. The van der Waals surface area contributed by atoms with Crippen molar-refractivity contribution in [1.29, 1.82) is 0 Å². The lowest BCUT2D eigenvalue weighted by Gasteiger charge is -2.09. The van der Waals surface area contributed by atoms with Gasteiger partial charge in [-0.1, -0.05) is 32.1 Å². The Balaban J connectivity index is 1.54. The highest BCUT2D eigenvalue weighted by molar-refractivity contribution is 5.92. The fourth-order valence-electron chi connectivity index (χ4n) is 3.83. The summed E-state index contributed by atoms with van der Waals surface area (Å²) in [5.41, 5.74) is 5.67. The molecule has 0 bridgehead atoms. The maximum absolute atomic E-state index is 11.8. The van der Waals surface area contributed by atoms with E-state index in [1.807, 2.05) is 29.8 Å². The highest BCUT2D eigenvalue weighted by atomic mass is 16.5. The van der Waals surface area contributed by atoms with Crippen molar-refractivity contribution in [3.8, 4) is 11.5 Å². The quantitative estimate of drug-likeness (QED) is 0.337. The van der Waals surface area contributed by atoms with Gasteiger partial charge in [0.1, 0.15) is 17.2 Å². The normalized spacial score (nSPS) is 11.5. The minimum absolute atomic E-state index is 0.262. The SMILES string of the molecule is CC/C=C(\CC)c1ccc(Nc2nc3cc(Oc4ccnc(C(=O)NC)c4)ccc3n2C)cc1. The van der Waals surface area contributed by atoms with Crippen LogP contribution in [0.3, 0.4) is 0 Å². The minimum atomic E-state index is -0.262. The van der Waals surface area contributed by atoms with Crippen LogP contribution in [0.4, 0.5) is 11.6 Å². The molecule has 7 nitrogen and oxygen atoms in total. The summed E-state index contributed by atoms with van der Waals surface area (Å²) in [6.07, 6.45) is 5.88. The molecule has 0 saturated heterocycles. The molecule has 2 N–H and O–H groups in total. The topological polar surface area (TPSA) is 81.1 Å². The second-order valence-corrected chi connectivity index (χ2v) is 7.90. The molecule has 0 radical (unpaired) electrons. The van der Waals surface area contributed by atoms with Crippen LogP contribution in [0.2, 0.25) is 0 Å². The predicted octanol–water partition coefficient (Wildman–Crippen LogP) is 6.07. The third-order valence-corrected chi connectivity index (χ3v) is 5.62. The Labute approximate surface area is 199 Å². The van der Waals surface area contributed by atoms with Crippen molar-refractivity contribution in [1.82, 2.24) is 19.9 Å². The van der Waals surface area contributed by atoms with Crippen molar-refractivity contribution in [2.45, 2.75) is 26.7 Å². The lowest BCUT2D eigenvalue weighted by molar-refractivity contribution is 0.0958. The Kier molecular flexibility index (Phi) is 6.92. The Bertz CT molecular complexity index is 1340. The van der Waals surface area contributed by atoms with Crippen molar-refractivity contribution < 1.29 is 9.53 Å². The molecule has 4 rings (SSSR count). The van der Waals surface area contributed by atoms with E-state index < -0.39 is 0 Å². The summed E-state index contributed by atoms with van der Waals surface area (Å²) < 4.78 is 7.97. The van der Waals surface area contributed by atoms with E-state index in [1.165, 1.54) is 11.1 Å². The summed E-state index contributed by atoms with van der Waals surface area (Å²) in [5, 5.41) is 5.98. The van der Waals surface area contributed by atoms with E-state index in [4.69, 9.17) is 9.72 Å². The number of nitrogens with zero attached hydrogens (tertiary/aromatic N) is 3. The first kappa shape index (κ1) is 23.0. The average molecular weight is 456 g/mol. The fourth-order valence-corrected chi connectivity index (χ4v) is 3.83. The molecule has 2 heterocycles. The third-order valence-electron chi connectivity index (χ3n) is 5.62. The molecule has 4 aromatic rings. The van der Waals surface area contributed by atoms with Crippen LogP contribution in [0.1, 0.15) is 42.7 Å². The number of carbonyl (C=O) groups excluding carboxylic acids is 1. The number of hydrogen-bond donors (Lipinski definition) is 2. The third kappa shape index (κ3) is 4.93. The van der Waals surface area contributed by atoms with E-state index in [0.29, 0.717) is 17.2 Å². The van der Waals surface area contributed by atoms with Gasteiger partial charge in [0.05, 0.1) is 11.0 Å². The number of amides is 1. The molecular formula is C27H29N5O2. The van der Waals surface area contributed by atoms with Crippen LogP contribution in [0.25, 0.3) is 16.6 Å². The average Bonchev–Trinajstić information content (AvgIpc) is 3.17. The van der Waals surface area contributed by atoms with Crippen LogP contribution in [-0.4, -0.2) is 27.5 Å². The molecule has 0 unspecified atom stereocenters. The molecule has 2 aromatic carbocycles. The summed E-state index contributed by atoms with van der Waals surface area (Å²) in [7, 11) is 3.54. The smallest absolute Gasteiger partial charge is 0.269 e. The van der Waals surface area contributed by atoms with Gasteiger partial charge in [0, 0.05) is 38.1 Å². The summed E-state index contributed by atoms with van der Waals surface area (Å²) in [6, 6.07) is 17.5. The zero-order valence-corrected chi connectivity index (χ0v) is 19.9. The van der Waals surface area contributed by atoms with E-state index in [1.54, 1.807) is 25.4 Å². The number of nitrogens with one attached hydrogen (secondary N) is 2. The van der Waals surface area contributed by atoms with Crippen molar-refractivity contribution in [3.63, 3.8) is 0 Å². The largest absolute Gasteiger partial charge is 0.457 e. The molecule has 0 atom stereocenters. The lowest BCUT2D eigenvalue weighted by Crippen LogP contribution is -2.18. The fraction of sp³-hybridized carbons (Fsp3) is 0.222. The highest BCUT2D eigenvalue weighted by Gasteiger charge is 2.11. The Morgan fingerprint density at radius 2 is 1.82 bits per heavy atom. The van der Waals surface area contributed by atoms with Gasteiger partial charge in [0.25, 0.3) is 5.91 Å². The molecule has 0 aliphatic carbocycles. The number of fused-ring (bicyclic) bond motifs is 1. The lowest BCUT2D eigenvalue weighted by atomic mass is 10.0. The first-order valence-electron chi connectivity index (χ1n) is 11.4. The Morgan fingerprint density at radius 1 is 1.06 bits per heavy atom. The van der Waals surface area contributed by atoms with Crippen molar-refractivity contribution in [2.24, 2.45) is 7.05 Å². The molecule has 2 aromatic heterocycles. The summed E-state index contributed by atoms with van der Waals surface area (Å²) in [6.45, 7) is 4.34. The van der Waals surface area contributed by atoms with Crippen LogP contribution in [0, 0.1) is 0 Å². The summed E-state index contributed by atoms with van der Waals surface area (Å²) in [5.74, 6) is 1.64. The number of anilines is 2. The maximum atomic E-state index is 11.8. The maximum Gasteiger partial charge on any atom is 0.269 e. The molecule has 1 amide bonds. The molecule has 7 heteroatoms. The van der Waals surface area contributed by atoms with Crippen LogP contribution in [-0.2, 0) is 7.05 Å². The first-order valence-corrected chi connectivity index (χ1v) is 11.4. The molecule has 34 heavy (non-hydrogen) atoms. The molecule has 0 saturated carbocycles. The number of pyridine rings is 1. The number of rotatable bonds is 8. The van der Waals surface area contributed by atoms with Crippen LogP contribution in [0.5, 0.6) is 11.5 Å². The van der Waals surface area contributed by atoms with Gasteiger partial charge >= 0.3 is 0 Å². The second-order valence-electron chi connectivity index (χ2n) is 7.90. The summed E-state index contributed by atoms with van der Waals surface area (Å²) in [4.78, 5) is 20.7. The summed E-state index contributed by atoms with van der Waals surface area (Å²) >= 11 is 0. The standard InChI is InChI=1S/C27H29N5O2/c1-5-7-18(6-2)19-8-10-20(11-9-19)30-27-31-23-16-21(12-13-25(23)32(27)4)34-22-14-15-29-24(17-22)26(33)28-3/h7-17H,5-6H2,1-4H3,(H,28,33)(H,30,31)/b18-7+. The van der Waals surface area contributed by atoms with Gasteiger partial charge in [-0.2, -0.15) is 0 Å². The first-order chi connectivity index (χ1) is 16.5. The van der Waals surface area contributed by atoms with Crippen molar-refractivity contribution in [2.75, 3.05) is 12.4 Å². The van der Waals surface area contributed by atoms with E-state index in [2.05, 4.69) is 59.8 Å². The minimum Gasteiger partial charge on any atom is -0.457 e. The van der Waals surface area contributed by atoms with Crippen LogP contribution in [0.15, 0.2) is 66.9 Å². The van der Waals surface area contributed by atoms with Gasteiger partial charge in [-0.05, 0) is 54.3 Å². The second kappa shape index (κ2) is 10.2. The van der Waals surface area contributed by atoms with Crippen LogP contribution >= 0.6 is 0 Å². The zero-order valence-electron chi connectivity index (χ0n) is 19.9. The number of aryl methyl sites for hydroxylation is 1. The molecule has 0 fully saturated rings. The molecule has 0 aliphatic rings. The predicted molar refractivity (Wildman–Crippen MR) is 137 cm³/mol. The number of benzene rings is 2. The van der Waals surface area contributed by atoms with Gasteiger partial charge in [0.15, 0.2) is 0 Å². The van der Waals surface area contributed by atoms with E-state index >= 15 is 0 Å². The van der Waals surface area contributed by atoms with Gasteiger partial charge in [-0.25, -0.2) is 4.98 Å². The number of ether oxygens (including phenoxy) is 1. The van der Waals surface area contributed by atoms with E-state index in [9.17, 15) is 4.79 Å². The van der Waals surface area contributed by atoms with E-state index in [-0.39, 0.29) is 5.91 Å². The number of allylic oxidation sites excluding steroid dienone is 2. The molecule has 0 spiro atoms. The van der Waals surface area contributed by atoms with Crippen molar-refractivity contribution >= 4 is 34.1 Å². The van der Waals surface area contributed by atoms with Crippen molar-refractivity contribution in [3.05, 3.63) is 78.1 Å². The number of carbonyl (C=O) groups is 1. The molecule has 0 aliphatic heterocycles. The van der Waals surface area contributed by atoms with Gasteiger partial charge in [0.2, 0.25) is 5.95 Å². The highest BCUT2D eigenvalue weighted by Crippen LogP contribution is 2.29. The van der Waals surface area contributed by atoms with Gasteiger partial charge < -0.3 is 19.9 Å². The monoisotopic (exact) mass is 455 g/mol. The molecule has 174 valence electrons.